The Bertz CT molecular complexity index is 300. The number of rotatable bonds is 2. The van der Waals surface area contributed by atoms with Crippen molar-refractivity contribution in [1.29, 1.82) is 5.26 Å². The van der Waals surface area contributed by atoms with Crippen LogP contribution in [-0.2, 0) is 0 Å². The highest BCUT2D eigenvalue weighted by atomic mass is 35.5. The molecule has 15 heavy (non-hydrogen) atoms. The van der Waals surface area contributed by atoms with Gasteiger partial charge >= 0.3 is 0 Å². The van der Waals surface area contributed by atoms with Crippen LogP contribution in [0.2, 0.25) is 0 Å². The van der Waals surface area contributed by atoms with Crippen LogP contribution in [0.1, 0.15) is 46.0 Å². The molecule has 4 nitrogen and oxygen atoms in total. The highest BCUT2D eigenvalue weighted by Crippen LogP contribution is 2.35. The molecule has 1 aliphatic carbocycles. The highest BCUT2D eigenvalue weighted by molar-refractivity contribution is 6.22. The Labute approximate surface area is 95.1 Å². The van der Waals surface area contributed by atoms with Crippen LogP contribution in [0.25, 0.3) is 0 Å². The summed E-state index contributed by atoms with van der Waals surface area (Å²) >= 11 is 6.20. The SMILES string of the molecule is CC(C)(C#N)N=[N+]([O-])C1(Cl)CCCCC1. The summed E-state index contributed by atoms with van der Waals surface area (Å²) in [5.41, 5.74) is -0.999. The standard InChI is InChI=1S/C10H16ClN3O/c1-9(2,8-12)13-14(15)10(11)6-4-3-5-7-10/h3-7H2,1-2H3. The van der Waals surface area contributed by atoms with E-state index >= 15 is 0 Å². The van der Waals surface area contributed by atoms with Crippen molar-refractivity contribution in [3.63, 3.8) is 0 Å². The Morgan fingerprint density at radius 2 is 1.93 bits per heavy atom. The quantitative estimate of drug-likeness (QED) is 0.240. The number of hydrogen-bond acceptors (Lipinski definition) is 3. The van der Waals surface area contributed by atoms with Crippen molar-refractivity contribution in [1.82, 2.24) is 0 Å². The van der Waals surface area contributed by atoms with Gasteiger partial charge in [0.25, 0.3) is 5.00 Å². The molecule has 0 aromatic heterocycles. The minimum absolute atomic E-state index is 0.539. The second kappa shape index (κ2) is 4.36. The maximum absolute atomic E-state index is 11.8. The second-order valence-electron chi connectivity index (χ2n) is 4.52. The Hall–Kier alpha value is -0.820. The van der Waals surface area contributed by atoms with Gasteiger partial charge in [-0.2, -0.15) is 5.26 Å². The van der Waals surface area contributed by atoms with Gasteiger partial charge in [0.15, 0.2) is 0 Å². The summed E-state index contributed by atoms with van der Waals surface area (Å²) < 4.78 is 0. The van der Waals surface area contributed by atoms with E-state index in [1.165, 1.54) is 0 Å². The molecule has 0 unspecified atom stereocenters. The Kier molecular flexibility index (Phi) is 3.56. The van der Waals surface area contributed by atoms with Crippen molar-refractivity contribution in [3.05, 3.63) is 5.21 Å². The minimum atomic E-state index is -0.999. The number of hydrogen-bond donors (Lipinski definition) is 0. The van der Waals surface area contributed by atoms with Crippen LogP contribution >= 0.6 is 11.6 Å². The van der Waals surface area contributed by atoms with E-state index in [2.05, 4.69) is 5.11 Å². The number of nitriles is 1. The topological polar surface area (TPSA) is 62.2 Å². The zero-order chi connectivity index (χ0) is 11.5. The molecule has 0 radical (unpaired) electrons. The van der Waals surface area contributed by atoms with Crippen molar-refractivity contribution in [2.75, 3.05) is 0 Å². The third kappa shape index (κ3) is 3.07. The summed E-state index contributed by atoms with van der Waals surface area (Å²) in [6, 6.07) is 1.96. The average molecular weight is 230 g/mol. The smallest absolute Gasteiger partial charge is 0.272 e. The molecule has 1 saturated carbocycles. The number of nitrogens with zero attached hydrogens (tertiary/aromatic N) is 3. The summed E-state index contributed by atoms with van der Waals surface area (Å²) in [4.78, 5) is -0.386. The molecule has 0 aromatic carbocycles. The van der Waals surface area contributed by atoms with E-state index in [-0.39, 0.29) is 0 Å². The molecule has 0 amide bonds. The molecule has 0 bridgehead atoms. The molecule has 1 aliphatic rings. The third-order valence-electron chi connectivity index (χ3n) is 2.58. The maximum atomic E-state index is 11.8. The van der Waals surface area contributed by atoms with Crippen molar-refractivity contribution in [2.24, 2.45) is 5.11 Å². The van der Waals surface area contributed by atoms with Gasteiger partial charge in [0.05, 0.1) is 6.07 Å². The fraction of sp³-hybridized carbons (Fsp3) is 0.900. The molecule has 1 fully saturated rings. The van der Waals surface area contributed by atoms with Crippen LogP contribution in [-0.4, -0.2) is 15.4 Å². The van der Waals surface area contributed by atoms with E-state index in [1.54, 1.807) is 13.8 Å². The van der Waals surface area contributed by atoms with Gasteiger partial charge in [-0.25, -0.2) is 0 Å². The molecule has 84 valence electrons. The maximum Gasteiger partial charge on any atom is 0.272 e. The Morgan fingerprint density at radius 1 is 1.40 bits per heavy atom. The molecule has 0 saturated heterocycles. The highest BCUT2D eigenvalue weighted by Gasteiger charge is 2.40. The lowest BCUT2D eigenvalue weighted by molar-refractivity contribution is -0.594. The predicted molar refractivity (Wildman–Crippen MR) is 57.4 cm³/mol. The summed E-state index contributed by atoms with van der Waals surface area (Å²) in [6.45, 7) is 3.20. The number of alkyl halides is 1. The van der Waals surface area contributed by atoms with Gasteiger partial charge in [0, 0.05) is 12.8 Å². The second-order valence-corrected chi connectivity index (χ2v) is 5.23. The van der Waals surface area contributed by atoms with Crippen LogP contribution in [0.3, 0.4) is 0 Å². The molecule has 0 N–H and O–H groups in total. The normalized spacial score (nSPS) is 22.1. The zero-order valence-corrected chi connectivity index (χ0v) is 9.92. The molecule has 1 rings (SSSR count). The van der Waals surface area contributed by atoms with E-state index in [0.717, 1.165) is 19.3 Å². The van der Waals surface area contributed by atoms with Crippen LogP contribution in [0.4, 0.5) is 0 Å². The number of halogens is 1. The first-order chi connectivity index (χ1) is 6.90. The van der Waals surface area contributed by atoms with E-state index < -0.39 is 10.5 Å². The lowest BCUT2D eigenvalue weighted by atomic mass is 9.95. The molecular formula is C10H16ClN3O. The monoisotopic (exact) mass is 229 g/mol. The molecule has 0 aliphatic heterocycles. The Balaban J connectivity index is 2.83. The summed E-state index contributed by atoms with van der Waals surface area (Å²) in [7, 11) is 0. The molecule has 5 heteroatoms. The summed E-state index contributed by atoms with van der Waals surface area (Å²) in [5.74, 6) is 0. The summed E-state index contributed by atoms with van der Waals surface area (Å²) in [5, 5.41) is 24.3. The Morgan fingerprint density at radius 3 is 2.40 bits per heavy atom. The van der Waals surface area contributed by atoms with Gasteiger partial charge in [0.1, 0.15) is 0 Å². The van der Waals surface area contributed by atoms with Gasteiger partial charge in [-0.15, -0.1) is 0 Å². The number of azo groups is 1. The first kappa shape index (κ1) is 12.3. The van der Waals surface area contributed by atoms with E-state index in [1.807, 2.05) is 6.07 Å². The predicted octanol–water partition coefficient (Wildman–Crippen LogP) is 3.15. The van der Waals surface area contributed by atoms with E-state index in [0.29, 0.717) is 17.7 Å². The van der Waals surface area contributed by atoms with Crippen molar-refractivity contribution >= 4 is 11.6 Å². The van der Waals surface area contributed by atoms with Crippen molar-refractivity contribution in [2.45, 2.75) is 56.5 Å². The van der Waals surface area contributed by atoms with E-state index in [4.69, 9.17) is 16.9 Å². The van der Waals surface area contributed by atoms with Gasteiger partial charge < -0.3 is 5.21 Å². The number of hydroxylamine groups is 1. The first-order valence-electron chi connectivity index (χ1n) is 5.20. The largest absolute Gasteiger partial charge is 0.598 e. The zero-order valence-electron chi connectivity index (χ0n) is 9.16. The van der Waals surface area contributed by atoms with Gasteiger partial charge in [-0.1, -0.05) is 11.3 Å². The van der Waals surface area contributed by atoms with E-state index in [9.17, 15) is 5.21 Å². The average Bonchev–Trinajstić information content (AvgIpc) is 2.18. The lowest BCUT2D eigenvalue weighted by Gasteiger charge is -2.27. The molecule has 0 atom stereocenters. The summed E-state index contributed by atoms with van der Waals surface area (Å²) in [6.07, 6.45) is 4.30. The van der Waals surface area contributed by atoms with Gasteiger partial charge in [-0.3, -0.25) is 0 Å². The molecule has 0 aromatic rings. The van der Waals surface area contributed by atoms with Gasteiger partial charge in [-0.05, 0) is 43.4 Å². The van der Waals surface area contributed by atoms with Crippen molar-refractivity contribution in [3.8, 4) is 6.07 Å². The minimum Gasteiger partial charge on any atom is -0.598 e. The van der Waals surface area contributed by atoms with Crippen LogP contribution in [0, 0.1) is 16.5 Å². The van der Waals surface area contributed by atoms with Gasteiger partial charge in [0.2, 0.25) is 5.54 Å². The van der Waals surface area contributed by atoms with Crippen molar-refractivity contribution < 1.29 is 4.86 Å². The molecule has 0 spiro atoms. The molecular weight excluding hydrogens is 214 g/mol. The third-order valence-corrected chi connectivity index (χ3v) is 3.10. The van der Waals surface area contributed by atoms with Crippen LogP contribution < -0.4 is 0 Å². The first-order valence-corrected chi connectivity index (χ1v) is 5.58. The fourth-order valence-electron chi connectivity index (χ4n) is 1.62. The van der Waals surface area contributed by atoms with Crippen LogP contribution in [0.5, 0.6) is 0 Å². The lowest BCUT2D eigenvalue weighted by Crippen LogP contribution is -2.36. The molecule has 0 heterocycles. The van der Waals surface area contributed by atoms with Crippen LogP contribution in [0.15, 0.2) is 5.11 Å². The fourth-order valence-corrected chi connectivity index (χ4v) is 1.93.